The first kappa shape index (κ1) is 46.4. The maximum absolute atomic E-state index is 14.3. The van der Waals surface area contributed by atoms with Crippen LogP contribution in [0.15, 0.2) is 96.3 Å². The number of anilines is 2. The maximum Gasteiger partial charge on any atom is 0.228 e. The second kappa shape index (κ2) is 23.4. The molecule has 6 rings (SSSR count). The molecule has 2 aliphatic rings. The van der Waals surface area contributed by atoms with E-state index in [2.05, 4.69) is 62.4 Å². The lowest BCUT2D eigenvalue weighted by Gasteiger charge is -2.23. The number of allylic oxidation sites excluding steroid dienone is 2. The molecule has 6 heteroatoms. The Kier molecular flexibility index (Phi) is 17.5. The number of benzene rings is 4. The molecule has 2 amide bonds. The summed E-state index contributed by atoms with van der Waals surface area (Å²) < 4.78 is 0. The van der Waals surface area contributed by atoms with E-state index in [-0.39, 0.29) is 11.4 Å². The van der Waals surface area contributed by atoms with Crippen LogP contribution in [0.25, 0.3) is 22.3 Å². The minimum Gasteiger partial charge on any atom is -0.287 e. The number of rotatable bonds is 24. The first-order chi connectivity index (χ1) is 30.2. The van der Waals surface area contributed by atoms with Crippen molar-refractivity contribution in [2.45, 2.75) is 169 Å². The van der Waals surface area contributed by atoms with E-state index < -0.39 is 23.4 Å². The first-order valence-electron chi connectivity index (χ1n) is 24.1. The van der Waals surface area contributed by atoms with Crippen LogP contribution in [0.2, 0.25) is 0 Å². The van der Waals surface area contributed by atoms with E-state index in [0.717, 1.165) is 35.1 Å². The van der Waals surface area contributed by atoms with Gasteiger partial charge in [0, 0.05) is 25.0 Å². The molecule has 0 fully saturated rings. The van der Waals surface area contributed by atoms with Crippen LogP contribution in [0.4, 0.5) is 11.4 Å². The van der Waals surface area contributed by atoms with Gasteiger partial charge >= 0.3 is 0 Å². The van der Waals surface area contributed by atoms with Gasteiger partial charge in [0.1, 0.15) is 11.4 Å². The molecule has 0 saturated heterocycles. The number of ketones is 2. The molecule has 0 radical (unpaired) electrons. The molecule has 0 unspecified atom stereocenters. The van der Waals surface area contributed by atoms with Crippen molar-refractivity contribution < 1.29 is 19.2 Å². The van der Waals surface area contributed by atoms with Crippen molar-refractivity contribution in [2.75, 3.05) is 9.80 Å². The van der Waals surface area contributed by atoms with Crippen LogP contribution in [0.5, 0.6) is 0 Å². The van der Waals surface area contributed by atoms with Gasteiger partial charge in [-0.1, -0.05) is 190 Å². The number of Topliss-reactive ketones (excluding diaryl/α,β-unsaturated/α-hetero) is 2. The van der Waals surface area contributed by atoms with Crippen molar-refractivity contribution in [1.82, 2.24) is 0 Å². The highest BCUT2D eigenvalue weighted by Crippen LogP contribution is 2.45. The average molecular weight is 835 g/mol. The van der Waals surface area contributed by atoms with Gasteiger partial charge in [-0.25, -0.2) is 0 Å². The number of fused-ring (bicyclic) bond motifs is 2. The van der Waals surface area contributed by atoms with Gasteiger partial charge in [0.15, 0.2) is 0 Å². The van der Waals surface area contributed by atoms with Crippen molar-refractivity contribution in [3.63, 3.8) is 0 Å². The summed E-state index contributed by atoms with van der Waals surface area (Å²) in [7, 11) is 0. The molecule has 0 atom stereocenters. The van der Waals surface area contributed by atoms with Crippen molar-refractivity contribution in [1.29, 1.82) is 0 Å². The molecule has 328 valence electrons. The Morgan fingerprint density at radius 3 is 0.984 bits per heavy atom. The Morgan fingerprint density at radius 1 is 0.387 bits per heavy atom. The van der Waals surface area contributed by atoms with Gasteiger partial charge in [0.05, 0.1) is 11.4 Å². The maximum atomic E-state index is 14.3. The number of carbonyl (C=O) groups is 4. The number of nitrogens with zero attached hydrogens (tertiary/aromatic N) is 2. The molecule has 0 saturated carbocycles. The lowest BCUT2D eigenvalue weighted by atomic mass is 9.98. The van der Waals surface area contributed by atoms with E-state index in [9.17, 15) is 19.2 Å². The van der Waals surface area contributed by atoms with Gasteiger partial charge in [0.25, 0.3) is 0 Å². The van der Waals surface area contributed by atoms with Crippen LogP contribution in [0.1, 0.15) is 188 Å². The van der Waals surface area contributed by atoms with Gasteiger partial charge in [-0.2, -0.15) is 0 Å². The topological polar surface area (TPSA) is 74.8 Å². The number of aryl methyl sites for hydroxylation is 2. The fourth-order valence-corrected chi connectivity index (χ4v) is 9.32. The second-order valence-electron chi connectivity index (χ2n) is 17.8. The van der Waals surface area contributed by atoms with Crippen LogP contribution in [-0.4, -0.2) is 23.4 Å². The normalized spacial score (nSPS) is 14.5. The SMILES string of the molecule is CCCCCCCCCCCCc1ccc(-c2ccc3c(c2)N(C(C)=O)/C(=C2\C(=O)c4ccc(-c5ccc(CCCCCCCCCCCC)cc5)cc4N2C(C)=O)C3=O)cc1. The van der Waals surface area contributed by atoms with Crippen LogP contribution in [0, 0.1) is 0 Å². The van der Waals surface area contributed by atoms with E-state index in [1.54, 1.807) is 12.1 Å². The third-order valence-corrected chi connectivity index (χ3v) is 12.9. The molecule has 0 N–H and O–H groups in total. The summed E-state index contributed by atoms with van der Waals surface area (Å²) in [5, 5.41) is 0. The highest BCUT2D eigenvalue weighted by atomic mass is 16.2. The van der Waals surface area contributed by atoms with Gasteiger partial charge in [0.2, 0.25) is 23.4 Å². The second-order valence-corrected chi connectivity index (χ2v) is 17.8. The smallest absolute Gasteiger partial charge is 0.228 e. The third kappa shape index (κ3) is 11.7. The molecule has 0 aromatic heterocycles. The van der Waals surface area contributed by atoms with Crippen LogP contribution in [-0.2, 0) is 22.4 Å². The van der Waals surface area contributed by atoms with E-state index >= 15 is 0 Å². The molecule has 0 bridgehead atoms. The number of hydrogen-bond acceptors (Lipinski definition) is 4. The Hall–Kier alpha value is -5.10. The lowest BCUT2D eigenvalue weighted by molar-refractivity contribution is -0.117. The summed E-state index contributed by atoms with van der Waals surface area (Å²) in [6.45, 7) is 7.30. The fourth-order valence-electron chi connectivity index (χ4n) is 9.32. The van der Waals surface area contributed by atoms with Crippen LogP contribution >= 0.6 is 0 Å². The zero-order valence-corrected chi connectivity index (χ0v) is 38.2. The van der Waals surface area contributed by atoms with Gasteiger partial charge < -0.3 is 0 Å². The van der Waals surface area contributed by atoms with Gasteiger partial charge in [-0.3, -0.25) is 29.0 Å². The number of carbonyl (C=O) groups excluding carboxylic acids is 4. The zero-order valence-electron chi connectivity index (χ0n) is 38.2. The van der Waals surface area contributed by atoms with E-state index in [1.807, 2.05) is 24.3 Å². The summed E-state index contributed by atoms with van der Waals surface area (Å²) in [5.74, 6) is -1.72. The highest BCUT2D eigenvalue weighted by Gasteiger charge is 2.45. The Labute approximate surface area is 372 Å². The molecular weight excluding hydrogens is 765 g/mol. The van der Waals surface area contributed by atoms with Crippen molar-refractivity contribution in [2.24, 2.45) is 0 Å². The monoisotopic (exact) mass is 835 g/mol. The Balaban J connectivity index is 1.11. The average Bonchev–Trinajstić information content (AvgIpc) is 3.74. The molecule has 2 heterocycles. The van der Waals surface area contributed by atoms with E-state index in [1.165, 1.54) is 163 Å². The lowest BCUT2D eigenvalue weighted by Crippen LogP contribution is -2.34. The molecular formula is C56H70N2O4. The summed E-state index contributed by atoms with van der Waals surface area (Å²) in [5.41, 5.74) is 7.62. The van der Waals surface area contributed by atoms with Crippen LogP contribution < -0.4 is 9.80 Å². The predicted molar refractivity (Wildman–Crippen MR) is 257 cm³/mol. The summed E-state index contributed by atoms with van der Waals surface area (Å²) in [6, 6.07) is 28.0. The van der Waals surface area contributed by atoms with Crippen LogP contribution in [0.3, 0.4) is 0 Å². The minimum atomic E-state index is -0.450. The first-order valence-corrected chi connectivity index (χ1v) is 24.1. The number of hydrogen-bond donors (Lipinski definition) is 0. The Bertz CT molecular complexity index is 2030. The minimum absolute atomic E-state index is 0.0780. The number of amides is 2. The molecule has 4 aromatic carbocycles. The molecule has 6 nitrogen and oxygen atoms in total. The summed E-state index contributed by atoms with van der Waals surface area (Å²) >= 11 is 0. The standard InChI is InChI=1S/C56H70N2O4/c1-5-7-9-11-13-15-17-19-21-23-25-43-27-31-45(32-28-43)47-35-37-49-51(39-47)57(41(3)59)53(55(49)61)54-56(62)50-38-36-48(40-52(50)58(54)42(4)60)46-33-29-44(30-34-46)26-24-22-20-18-16-14-12-10-8-6-2/h27-40H,5-26H2,1-4H3/b54-53+. The largest absolute Gasteiger partial charge is 0.287 e. The van der Waals surface area contributed by atoms with Crippen molar-refractivity contribution in [3.05, 3.63) is 119 Å². The zero-order chi connectivity index (χ0) is 43.8. The van der Waals surface area contributed by atoms with Crippen molar-refractivity contribution in [3.8, 4) is 22.3 Å². The predicted octanol–water partition coefficient (Wildman–Crippen LogP) is 15.0. The molecule has 0 aliphatic carbocycles. The quantitative estimate of drug-likeness (QED) is 0.0520. The highest BCUT2D eigenvalue weighted by molar-refractivity contribution is 6.34. The van der Waals surface area contributed by atoms with Gasteiger partial charge in [-0.05, 0) is 83.3 Å². The van der Waals surface area contributed by atoms with E-state index in [4.69, 9.17) is 0 Å². The summed E-state index contributed by atoms with van der Waals surface area (Å²) in [4.78, 5) is 58.1. The van der Waals surface area contributed by atoms with Crippen molar-refractivity contribution >= 4 is 34.8 Å². The van der Waals surface area contributed by atoms with E-state index in [0.29, 0.717) is 22.5 Å². The van der Waals surface area contributed by atoms with Gasteiger partial charge in [-0.15, -0.1) is 0 Å². The third-order valence-electron chi connectivity index (χ3n) is 12.9. The molecule has 0 spiro atoms. The summed E-state index contributed by atoms with van der Waals surface area (Å²) in [6.07, 6.45) is 28.4. The Morgan fingerprint density at radius 2 is 0.677 bits per heavy atom. The molecule has 4 aromatic rings. The number of unbranched alkanes of at least 4 members (excludes halogenated alkanes) is 18. The molecule has 62 heavy (non-hydrogen) atoms. The fraction of sp³-hybridized carbons (Fsp3) is 0.464. The molecule has 2 aliphatic heterocycles.